The predicted molar refractivity (Wildman–Crippen MR) is 81.8 cm³/mol. The number of nitrogens with one attached hydrogen (secondary N) is 1. The highest BCUT2D eigenvalue weighted by Gasteiger charge is 2.15. The van der Waals surface area contributed by atoms with Gasteiger partial charge in [0.15, 0.2) is 0 Å². The first-order chi connectivity index (χ1) is 9.56. The van der Waals surface area contributed by atoms with Gasteiger partial charge in [0.2, 0.25) is 5.91 Å². The zero-order valence-electron chi connectivity index (χ0n) is 10.7. The number of hydrogen-bond acceptors (Lipinski definition) is 5. The molecule has 0 radical (unpaired) electrons. The van der Waals surface area contributed by atoms with Gasteiger partial charge in [0.25, 0.3) is 0 Å². The van der Waals surface area contributed by atoms with Crippen LogP contribution in [0, 0.1) is 0 Å². The summed E-state index contributed by atoms with van der Waals surface area (Å²) < 4.78 is 0. The first kappa shape index (κ1) is 14.6. The predicted octanol–water partition coefficient (Wildman–Crippen LogP) is 2.83. The number of nitrogen functional groups attached to an aromatic ring is 1. The second-order valence-corrected chi connectivity index (χ2v) is 5.80. The average molecular weight is 309 g/mol. The van der Waals surface area contributed by atoms with E-state index in [1.807, 2.05) is 0 Å². The maximum absolute atomic E-state index is 12.1. The first-order valence-electron chi connectivity index (χ1n) is 5.85. The third-order valence-electron chi connectivity index (χ3n) is 2.47. The lowest BCUT2D eigenvalue weighted by molar-refractivity contribution is -0.115. The Hall–Kier alpha value is -1.79. The van der Waals surface area contributed by atoms with Crippen molar-refractivity contribution in [2.75, 3.05) is 11.1 Å². The highest BCUT2D eigenvalue weighted by molar-refractivity contribution is 8.00. The second-order valence-electron chi connectivity index (χ2n) is 4.03. The number of rotatable bonds is 4. The normalized spacial score (nSPS) is 11.9. The molecular weight excluding hydrogens is 296 g/mol. The molecule has 1 amide bonds. The Morgan fingerprint density at radius 2 is 2.25 bits per heavy atom. The fourth-order valence-corrected chi connectivity index (χ4v) is 2.34. The van der Waals surface area contributed by atoms with Crippen molar-refractivity contribution in [2.45, 2.75) is 17.2 Å². The zero-order chi connectivity index (χ0) is 14.5. The number of hydrogen-bond donors (Lipinski definition) is 2. The average Bonchev–Trinajstić information content (AvgIpc) is 2.44. The van der Waals surface area contributed by atoms with Crippen molar-refractivity contribution in [2.24, 2.45) is 0 Å². The summed E-state index contributed by atoms with van der Waals surface area (Å²) in [6, 6.07) is 4.98. The topological polar surface area (TPSA) is 80.9 Å². The smallest absolute Gasteiger partial charge is 0.237 e. The monoisotopic (exact) mass is 308 g/mol. The number of nitrogens with two attached hydrogens (primary N) is 1. The summed E-state index contributed by atoms with van der Waals surface area (Å²) in [4.78, 5) is 20.1. The fourth-order valence-electron chi connectivity index (χ4n) is 1.45. The van der Waals surface area contributed by atoms with E-state index >= 15 is 0 Å². The van der Waals surface area contributed by atoms with Crippen LogP contribution in [0.5, 0.6) is 0 Å². The molecule has 7 heteroatoms. The van der Waals surface area contributed by atoms with Crippen LogP contribution in [0.1, 0.15) is 6.92 Å². The number of anilines is 2. The Kier molecular flexibility index (Phi) is 4.81. The van der Waals surface area contributed by atoms with Crippen LogP contribution in [0.4, 0.5) is 11.4 Å². The summed E-state index contributed by atoms with van der Waals surface area (Å²) in [7, 11) is 0. The standard InChI is InChI=1S/C13H13ClN4OS/c1-8(20-12-7-16-4-5-17-12)13(19)18-9-2-3-10(14)11(15)6-9/h2-8H,15H2,1H3,(H,18,19). The molecular formula is C13H13ClN4OS. The van der Waals surface area contributed by atoms with Crippen LogP contribution in [-0.2, 0) is 4.79 Å². The molecule has 0 aliphatic carbocycles. The van der Waals surface area contributed by atoms with E-state index in [4.69, 9.17) is 17.3 Å². The Morgan fingerprint density at radius 3 is 2.90 bits per heavy atom. The molecule has 2 rings (SSSR count). The number of nitrogens with zero attached hydrogens (tertiary/aromatic N) is 2. The highest BCUT2D eigenvalue weighted by Crippen LogP contribution is 2.24. The molecule has 0 bridgehead atoms. The number of carbonyl (C=O) groups is 1. The van der Waals surface area contributed by atoms with E-state index in [0.717, 1.165) is 0 Å². The van der Waals surface area contributed by atoms with Crippen molar-refractivity contribution in [3.05, 3.63) is 41.8 Å². The number of benzene rings is 1. The highest BCUT2D eigenvalue weighted by atomic mass is 35.5. The molecule has 1 aromatic heterocycles. The number of thioether (sulfide) groups is 1. The van der Waals surface area contributed by atoms with Gasteiger partial charge in [-0.2, -0.15) is 0 Å². The van der Waals surface area contributed by atoms with Gasteiger partial charge in [0.05, 0.1) is 22.2 Å². The summed E-state index contributed by atoms with van der Waals surface area (Å²) in [5, 5.41) is 3.64. The molecule has 5 nitrogen and oxygen atoms in total. The number of amides is 1. The first-order valence-corrected chi connectivity index (χ1v) is 7.10. The summed E-state index contributed by atoms with van der Waals surface area (Å²) >= 11 is 7.17. The summed E-state index contributed by atoms with van der Waals surface area (Å²) in [5.74, 6) is -0.137. The van der Waals surface area contributed by atoms with Crippen LogP contribution in [0.25, 0.3) is 0 Å². The quantitative estimate of drug-likeness (QED) is 0.670. The SMILES string of the molecule is CC(Sc1cnccn1)C(=O)Nc1ccc(Cl)c(N)c1. The van der Waals surface area contributed by atoms with Crippen molar-refractivity contribution in [1.29, 1.82) is 0 Å². The summed E-state index contributed by atoms with van der Waals surface area (Å²) in [6.07, 6.45) is 4.80. The maximum Gasteiger partial charge on any atom is 0.237 e. The van der Waals surface area contributed by atoms with E-state index in [1.54, 1.807) is 43.7 Å². The van der Waals surface area contributed by atoms with Crippen LogP contribution in [-0.4, -0.2) is 21.1 Å². The van der Waals surface area contributed by atoms with Crippen LogP contribution in [0.3, 0.4) is 0 Å². The van der Waals surface area contributed by atoms with E-state index in [2.05, 4.69) is 15.3 Å². The third kappa shape index (κ3) is 3.85. The molecule has 2 aromatic rings. The molecule has 0 fully saturated rings. The van der Waals surface area contributed by atoms with Gasteiger partial charge in [-0.3, -0.25) is 9.78 Å². The molecule has 0 aliphatic rings. The molecule has 20 heavy (non-hydrogen) atoms. The third-order valence-corrected chi connectivity index (χ3v) is 3.83. The number of carbonyl (C=O) groups excluding carboxylic acids is 1. The van der Waals surface area contributed by atoms with E-state index in [-0.39, 0.29) is 11.2 Å². The van der Waals surface area contributed by atoms with E-state index in [0.29, 0.717) is 21.4 Å². The zero-order valence-corrected chi connectivity index (χ0v) is 12.3. The molecule has 0 saturated heterocycles. The largest absolute Gasteiger partial charge is 0.397 e. The van der Waals surface area contributed by atoms with E-state index in [9.17, 15) is 4.79 Å². The lowest BCUT2D eigenvalue weighted by atomic mass is 10.2. The van der Waals surface area contributed by atoms with Crippen LogP contribution < -0.4 is 11.1 Å². The Morgan fingerprint density at radius 1 is 1.45 bits per heavy atom. The summed E-state index contributed by atoms with van der Waals surface area (Å²) in [5.41, 5.74) is 6.73. The van der Waals surface area contributed by atoms with Gasteiger partial charge in [-0.05, 0) is 25.1 Å². The van der Waals surface area contributed by atoms with Crippen LogP contribution in [0.2, 0.25) is 5.02 Å². The van der Waals surface area contributed by atoms with Crippen molar-refractivity contribution in [3.8, 4) is 0 Å². The van der Waals surface area contributed by atoms with Gasteiger partial charge in [-0.15, -0.1) is 0 Å². The van der Waals surface area contributed by atoms with Crippen molar-refractivity contribution >= 4 is 40.6 Å². The van der Waals surface area contributed by atoms with Gasteiger partial charge in [-0.1, -0.05) is 23.4 Å². The number of halogens is 1. The van der Waals surface area contributed by atoms with Crippen molar-refractivity contribution < 1.29 is 4.79 Å². The van der Waals surface area contributed by atoms with E-state index in [1.165, 1.54) is 11.8 Å². The van der Waals surface area contributed by atoms with Gasteiger partial charge >= 0.3 is 0 Å². The second kappa shape index (κ2) is 6.58. The molecule has 1 unspecified atom stereocenters. The molecule has 0 spiro atoms. The lowest BCUT2D eigenvalue weighted by Crippen LogP contribution is -2.22. The minimum atomic E-state index is -0.302. The molecule has 1 atom stereocenters. The molecule has 1 aromatic carbocycles. The Bertz CT molecular complexity index is 609. The van der Waals surface area contributed by atoms with Gasteiger partial charge in [-0.25, -0.2) is 4.98 Å². The Labute approximate surface area is 126 Å². The van der Waals surface area contributed by atoms with Crippen molar-refractivity contribution in [1.82, 2.24) is 9.97 Å². The number of aromatic nitrogens is 2. The van der Waals surface area contributed by atoms with E-state index < -0.39 is 0 Å². The fraction of sp³-hybridized carbons (Fsp3) is 0.154. The van der Waals surface area contributed by atoms with Crippen molar-refractivity contribution in [3.63, 3.8) is 0 Å². The van der Waals surface area contributed by atoms with Gasteiger partial charge in [0.1, 0.15) is 5.03 Å². The minimum absolute atomic E-state index is 0.137. The lowest BCUT2D eigenvalue weighted by Gasteiger charge is -2.12. The minimum Gasteiger partial charge on any atom is -0.397 e. The molecule has 0 aliphatic heterocycles. The molecule has 1 heterocycles. The Balaban J connectivity index is 1.99. The molecule has 0 saturated carbocycles. The molecule has 104 valence electrons. The van der Waals surface area contributed by atoms with Crippen LogP contribution in [0.15, 0.2) is 41.8 Å². The van der Waals surface area contributed by atoms with Crippen LogP contribution >= 0.6 is 23.4 Å². The summed E-state index contributed by atoms with van der Waals surface area (Å²) in [6.45, 7) is 1.80. The molecule has 3 N–H and O–H groups in total. The van der Waals surface area contributed by atoms with Gasteiger partial charge in [0, 0.05) is 18.1 Å². The van der Waals surface area contributed by atoms with Gasteiger partial charge < -0.3 is 11.1 Å². The maximum atomic E-state index is 12.1.